The maximum Gasteiger partial charge on any atom is 2.00 e. The largest absolute Gasteiger partial charge is 2.00 e. The Morgan fingerprint density at radius 2 is 1.00 bits per heavy atom. The van der Waals surface area contributed by atoms with E-state index in [-0.39, 0.29) is 33.5 Å². The van der Waals surface area contributed by atoms with Crippen LogP contribution in [0.5, 0.6) is 0 Å². The van der Waals surface area contributed by atoms with E-state index in [4.69, 9.17) is 0 Å². The Kier molecular flexibility index (Phi) is 9.32. The molecule has 0 aromatic carbocycles. The van der Waals surface area contributed by atoms with Crippen LogP contribution in [0, 0.1) is 0 Å². The van der Waals surface area contributed by atoms with Gasteiger partial charge in [-0.15, -0.1) is 0 Å². The normalized spacial score (nSPS) is 14.4. The average molecular weight is 273 g/mol. The predicted octanol–water partition coefficient (Wildman–Crippen LogP) is -1.83. The number of hydrogen-bond acceptors (Lipinski definition) is 0. The van der Waals surface area contributed by atoms with Crippen LogP contribution in [0.4, 0.5) is 0 Å². The van der Waals surface area contributed by atoms with E-state index in [0.717, 1.165) is 0 Å². The molecule has 0 heterocycles. The minimum absolute atomic E-state index is 0. The summed E-state index contributed by atoms with van der Waals surface area (Å²) in [4.78, 5) is 0. The van der Waals surface area contributed by atoms with E-state index >= 15 is 0 Å². The molecule has 0 aliphatic heterocycles. The van der Waals surface area contributed by atoms with Crippen LogP contribution in [0.15, 0.2) is 0 Å². The van der Waals surface area contributed by atoms with E-state index < -0.39 is 0 Å². The fraction of sp³-hybridized carbons (Fsp3) is 1.00. The molecule has 1 aliphatic rings. The molecule has 0 saturated heterocycles. The summed E-state index contributed by atoms with van der Waals surface area (Å²) in [5.74, 6) is 0. The Hall–Kier alpha value is 0.978. The van der Waals surface area contributed by atoms with Crippen LogP contribution in [0.3, 0.4) is 0 Å². The molecule has 1 aliphatic carbocycles. The first-order valence-electron chi connectivity index (χ1n) is 1.50. The zero-order chi connectivity index (χ0) is 2.12. The maximum atomic E-state index is 1.50. The monoisotopic (exact) mass is 272 g/mol. The second-order valence-corrected chi connectivity index (χ2v) is 1.06. The van der Waals surface area contributed by atoms with Crippen LogP contribution in [0.2, 0.25) is 0 Å². The van der Waals surface area contributed by atoms with E-state index in [2.05, 4.69) is 0 Å². The van der Waals surface area contributed by atoms with Gasteiger partial charge in [0.1, 0.15) is 0 Å². The van der Waals surface area contributed by atoms with Gasteiger partial charge in [0.25, 0.3) is 0 Å². The van der Waals surface area contributed by atoms with Gasteiger partial charge in [0.15, 0.2) is 0 Å². The van der Waals surface area contributed by atoms with E-state index in [9.17, 15) is 0 Å². The molecule has 0 bridgehead atoms. The second-order valence-electron chi connectivity index (χ2n) is 1.06. The van der Waals surface area contributed by atoms with Gasteiger partial charge in [-0.1, -0.05) is 19.3 Å². The van der Waals surface area contributed by atoms with Gasteiger partial charge in [-0.2, -0.15) is 0 Å². The quantitative estimate of drug-likeness (QED) is 0.487. The molecule has 0 spiro atoms. The molecule has 5 heavy (non-hydrogen) atoms. The fourth-order valence-corrected chi connectivity index (χ4v) is 0. The van der Waals surface area contributed by atoms with Gasteiger partial charge in [-0.25, -0.2) is 0 Å². The van der Waals surface area contributed by atoms with Crippen LogP contribution < -0.4 is 12.4 Å². The van der Waals surface area contributed by atoms with Crippen LogP contribution >= 0.6 is 0 Å². The Balaban J connectivity index is 0. The smallest absolute Gasteiger partial charge is 1.00 e. The van der Waals surface area contributed by atoms with Crippen molar-refractivity contribution in [3.05, 3.63) is 0 Å². The second kappa shape index (κ2) is 4.98. The standard InChI is InChI=1S/C3H6.ClH.Pt/c1-2-3-1;;/h1-3H2;1H;/q;;+2/p-1. The third-order valence-corrected chi connectivity index (χ3v) is 0.354. The Morgan fingerprint density at radius 3 is 1.00 bits per heavy atom. The molecule has 0 N–H and O–H groups in total. The number of rotatable bonds is 0. The minimum atomic E-state index is 0. The zero-order valence-corrected chi connectivity index (χ0v) is 5.84. The fourth-order valence-electron chi connectivity index (χ4n) is 0. The van der Waals surface area contributed by atoms with Crippen LogP contribution in [-0.2, 0) is 21.1 Å². The van der Waals surface area contributed by atoms with Crippen molar-refractivity contribution in [1.29, 1.82) is 0 Å². The van der Waals surface area contributed by atoms with Crippen molar-refractivity contribution in [2.45, 2.75) is 19.3 Å². The molecule has 2 heteroatoms. The summed E-state index contributed by atoms with van der Waals surface area (Å²) >= 11 is 0. The molecule has 0 atom stereocenters. The topological polar surface area (TPSA) is 0 Å². The maximum absolute atomic E-state index is 1.50. The van der Waals surface area contributed by atoms with Gasteiger partial charge in [0.2, 0.25) is 0 Å². The SMILES string of the molecule is C1CC1.[Cl-].[Pt+2]. The molecule has 1 fully saturated rings. The van der Waals surface area contributed by atoms with Gasteiger partial charge >= 0.3 is 21.1 Å². The Morgan fingerprint density at radius 1 is 0.800 bits per heavy atom. The van der Waals surface area contributed by atoms with Gasteiger partial charge < -0.3 is 12.4 Å². The molecule has 0 amide bonds. The average Bonchev–Trinajstić information content (AvgIpc) is 1.46. The van der Waals surface area contributed by atoms with Crippen LogP contribution in [0.25, 0.3) is 0 Å². The van der Waals surface area contributed by atoms with Gasteiger partial charge in [-0.3, -0.25) is 0 Å². The molecular weight excluding hydrogens is 267 g/mol. The first-order valence-corrected chi connectivity index (χ1v) is 1.50. The van der Waals surface area contributed by atoms with E-state index in [1.165, 1.54) is 19.3 Å². The molecule has 0 aromatic heterocycles. The number of halogens is 1. The van der Waals surface area contributed by atoms with Crippen molar-refractivity contribution in [3.8, 4) is 0 Å². The molecule has 0 unspecified atom stereocenters. The van der Waals surface area contributed by atoms with Crippen molar-refractivity contribution >= 4 is 0 Å². The minimum Gasteiger partial charge on any atom is -1.00 e. The van der Waals surface area contributed by atoms with Crippen LogP contribution in [0.1, 0.15) is 19.3 Å². The molecular formula is C3H6ClPt+. The molecule has 0 aromatic rings. The van der Waals surface area contributed by atoms with Crippen molar-refractivity contribution in [3.63, 3.8) is 0 Å². The number of hydrogen-bond donors (Lipinski definition) is 0. The first-order chi connectivity index (χ1) is 1.50. The summed E-state index contributed by atoms with van der Waals surface area (Å²) in [5, 5.41) is 0. The van der Waals surface area contributed by atoms with Crippen molar-refractivity contribution in [2.75, 3.05) is 0 Å². The van der Waals surface area contributed by atoms with Crippen LogP contribution in [-0.4, -0.2) is 0 Å². The summed E-state index contributed by atoms with van der Waals surface area (Å²) in [7, 11) is 0. The Labute approximate surface area is 53.0 Å². The molecule has 0 nitrogen and oxygen atoms in total. The van der Waals surface area contributed by atoms with E-state index in [0.29, 0.717) is 0 Å². The van der Waals surface area contributed by atoms with Gasteiger partial charge in [0, 0.05) is 0 Å². The third kappa shape index (κ3) is 11.3. The summed E-state index contributed by atoms with van der Waals surface area (Å²) in [6.07, 6.45) is 4.50. The van der Waals surface area contributed by atoms with Gasteiger partial charge in [0.05, 0.1) is 0 Å². The van der Waals surface area contributed by atoms with E-state index in [1.807, 2.05) is 0 Å². The summed E-state index contributed by atoms with van der Waals surface area (Å²) in [6.45, 7) is 0. The molecule has 34 valence electrons. The van der Waals surface area contributed by atoms with Gasteiger partial charge in [-0.05, 0) is 0 Å². The molecule has 1 rings (SSSR count). The molecule has 1 saturated carbocycles. The summed E-state index contributed by atoms with van der Waals surface area (Å²) < 4.78 is 0. The zero-order valence-electron chi connectivity index (χ0n) is 2.82. The Bertz CT molecular complexity index is 11.6. The summed E-state index contributed by atoms with van der Waals surface area (Å²) in [5.41, 5.74) is 0. The van der Waals surface area contributed by atoms with E-state index in [1.54, 1.807) is 0 Å². The summed E-state index contributed by atoms with van der Waals surface area (Å²) in [6, 6.07) is 0. The molecule has 0 radical (unpaired) electrons. The van der Waals surface area contributed by atoms with Crippen molar-refractivity contribution in [1.82, 2.24) is 0 Å². The van der Waals surface area contributed by atoms with Crippen molar-refractivity contribution < 1.29 is 33.5 Å². The van der Waals surface area contributed by atoms with Crippen molar-refractivity contribution in [2.24, 2.45) is 0 Å². The predicted molar refractivity (Wildman–Crippen MR) is 13.9 cm³/mol. The first kappa shape index (κ1) is 9.36. The third-order valence-electron chi connectivity index (χ3n) is 0.354.